The molecule has 0 aliphatic rings. The standard InChI is InChI=1S/C10H10O5/c1-14-9-6-7(3-5-10(11)12)2-4-8(9)15-13/h2-6,13H,1H3,(H,11,12). The number of methoxy groups -OCH3 is 1. The summed E-state index contributed by atoms with van der Waals surface area (Å²) in [4.78, 5) is 14.3. The van der Waals surface area contributed by atoms with E-state index in [1.165, 1.54) is 19.3 Å². The van der Waals surface area contributed by atoms with Crippen LogP contribution in [-0.2, 0) is 4.79 Å². The van der Waals surface area contributed by atoms with Gasteiger partial charge in [-0.15, -0.1) is 0 Å². The Balaban J connectivity index is 2.97. The minimum absolute atomic E-state index is 0.171. The predicted molar refractivity (Wildman–Crippen MR) is 52.9 cm³/mol. The van der Waals surface area contributed by atoms with Gasteiger partial charge in [-0.3, -0.25) is 0 Å². The minimum atomic E-state index is -1.03. The minimum Gasteiger partial charge on any atom is -0.493 e. The molecule has 0 amide bonds. The van der Waals surface area contributed by atoms with Gasteiger partial charge in [-0.25, -0.2) is 10.1 Å². The number of aliphatic carboxylic acids is 1. The van der Waals surface area contributed by atoms with E-state index < -0.39 is 5.97 Å². The van der Waals surface area contributed by atoms with E-state index in [0.717, 1.165) is 6.08 Å². The maximum atomic E-state index is 10.3. The SMILES string of the molecule is COc1cc(C=CC(=O)O)ccc1OO. The molecule has 0 bridgehead atoms. The highest BCUT2D eigenvalue weighted by molar-refractivity contribution is 5.85. The molecule has 0 aliphatic heterocycles. The summed E-state index contributed by atoms with van der Waals surface area (Å²) < 4.78 is 4.92. The van der Waals surface area contributed by atoms with E-state index in [1.807, 2.05) is 0 Å². The lowest BCUT2D eigenvalue weighted by Gasteiger charge is -2.05. The van der Waals surface area contributed by atoms with E-state index in [9.17, 15) is 4.79 Å². The second-order valence-electron chi connectivity index (χ2n) is 2.67. The zero-order valence-corrected chi connectivity index (χ0v) is 8.01. The van der Waals surface area contributed by atoms with Gasteiger partial charge in [-0.1, -0.05) is 6.07 Å². The number of carboxylic acids is 1. The highest BCUT2D eigenvalue weighted by atomic mass is 17.1. The van der Waals surface area contributed by atoms with Crippen LogP contribution in [-0.4, -0.2) is 23.4 Å². The lowest BCUT2D eigenvalue weighted by Crippen LogP contribution is -1.91. The van der Waals surface area contributed by atoms with Gasteiger partial charge in [-0.2, -0.15) is 0 Å². The van der Waals surface area contributed by atoms with Gasteiger partial charge < -0.3 is 14.7 Å². The molecule has 0 spiro atoms. The molecule has 0 fully saturated rings. The van der Waals surface area contributed by atoms with E-state index >= 15 is 0 Å². The van der Waals surface area contributed by atoms with E-state index in [2.05, 4.69) is 4.89 Å². The highest BCUT2D eigenvalue weighted by Gasteiger charge is 2.04. The quantitative estimate of drug-likeness (QED) is 0.449. The topological polar surface area (TPSA) is 76.0 Å². The molecule has 0 unspecified atom stereocenters. The Kier molecular flexibility index (Phi) is 3.70. The van der Waals surface area contributed by atoms with Crippen molar-refractivity contribution in [1.29, 1.82) is 0 Å². The fraction of sp³-hybridized carbons (Fsp3) is 0.100. The Morgan fingerprint density at radius 3 is 2.67 bits per heavy atom. The Hall–Kier alpha value is -2.01. The Morgan fingerprint density at radius 2 is 2.13 bits per heavy atom. The van der Waals surface area contributed by atoms with Crippen molar-refractivity contribution in [3.8, 4) is 11.5 Å². The number of rotatable bonds is 4. The van der Waals surface area contributed by atoms with Crippen LogP contribution in [0.5, 0.6) is 11.5 Å². The first-order valence-corrected chi connectivity index (χ1v) is 4.08. The molecule has 0 saturated carbocycles. The van der Waals surface area contributed by atoms with Gasteiger partial charge >= 0.3 is 5.97 Å². The average Bonchev–Trinajstić information content (AvgIpc) is 2.25. The number of ether oxygens (including phenoxy) is 1. The van der Waals surface area contributed by atoms with Crippen molar-refractivity contribution in [1.82, 2.24) is 0 Å². The lowest BCUT2D eigenvalue weighted by molar-refractivity contribution is -0.139. The predicted octanol–water partition coefficient (Wildman–Crippen LogP) is 1.64. The summed E-state index contributed by atoms with van der Waals surface area (Å²) in [5.74, 6) is -0.536. The number of benzene rings is 1. The van der Waals surface area contributed by atoms with Gasteiger partial charge in [0.05, 0.1) is 7.11 Å². The van der Waals surface area contributed by atoms with Gasteiger partial charge in [-0.05, 0) is 23.8 Å². The molecule has 0 aromatic heterocycles. The summed E-state index contributed by atoms with van der Waals surface area (Å²) in [5.41, 5.74) is 0.634. The maximum absolute atomic E-state index is 10.3. The van der Waals surface area contributed by atoms with Gasteiger partial charge in [0, 0.05) is 6.08 Å². The van der Waals surface area contributed by atoms with Crippen LogP contribution < -0.4 is 9.62 Å². The van der Waals surface area contributed by atoms with Gasteiger partial charge in [0.1, 0.15) is 0 Å². The van der Waals surface area contributed by atoms with Crippen LogP contribution in [0.25, 0.3) is 6.08 Å². The second-order valence-corrected chi connectivity index (χ2v) is 2.67. The van der Waals surface area contributed by atoms with Gasteiger partial charge in [0.15, 0.2) is 5.75 Å². The molecule has 1 aromatic carbocycles. The number of carbonyl (C=O) groups is 1. The largest absolute Gasteiger partial charge is 0.493 e. The molecule has 0 heterocycles. The fourth-order valence-electron chi connectivity index (χ4n) is 1.03. The van der Waals surface area contributed by atoms with E-state index in [4.69, 9.17) is 15.1 Å². The molecular formula is C10H10O5. The molecule has 5 nitrogen and oxygen atoms in total. The van der Waals surface area contributed by atoms with Gasteiger partial charge in [0.25, 0.3) is 0 Å². The maximum Gasteiger partial charge on any atom is 0.328 e. The summed E-state index contributed by atoms with van der Waals surface area (Å²) in [7, 11) is 1.42. The zero-order valence-electron chi connectivity index (χ0n) is 8.01. The normalized spacial score (nSPS) is 10.3. The van der Waals surface area contributed by atoms with Crippen LogP contribution in [0.2, 0.25) is 0 Å². The van der Waals surface area contributed by atoms with Crippen molar-refractivity contribution in [2.45, 2.75) is 0 Å². The summed E-state index contributed by atoms with van der Waals surface area (Å²) >= 11 is 0. The van der Waals surface area contributed by atoms with E-state index in [1.54, 1.807) is 12.1 Å². The Labute approximate surface area is 86.1 Å². The molecule has 5 heteroatoms. The second kappa shape index (κ2) is 5.02. The lowest BCUT2D eigenvalue weighted by atomic mass is 10.2. The first-order chi connectivity index (χ1) is 7.17. The molecule has 1 aromatic rings. The molecule has 80 valence electrons. The average molecular weight is 210 g/mol. The van der Waals surface area contributed by atoms with Crippen LogP contribution in [0.3, 0.4) is 0 Å². The summed E-state index contributed by atoms with van der Waals surface area (Å²) in [6.45, 7) is 0. The Bertz CT molecular complexity index is 383. The molecule has 2 N–H and O–H groups in total. The first-order valence-electron chi connectivity index (χ1n) is 4.08. The van der Waals surface area contributed by atoms with Crippen LogP contribution in [0.1, 0.15) is 5.56 Å². The monoisotopic (exact) mass is 210 g/mol. The molecule has 0 saturated heterocycles. The van der Waals surface area contributed by atoms with E-state index in [0.29, 0.717) is 11.3 Å². The third-order valence-electron chi connectivity index (χ3n) is 1.70. The summed E-state index contributed by atoms with van der Waals surface area (Å²) in [6.07, 6.45) is 2.42. The van der Waals surface area contributed by atoms with Crippen molar-refractivity contribution in [2.24, 2.45) is 0 Å². The third kappa shape index (κ3) is 2.99. The van der Waals surface area contributed by atoms with Gasteiger partial charge in [0.2, 0.25) is 5.75 Å². The Morgan fingerprint density at radius 1 is 1.40 bits per heavy atom. The van der Waals surface area contributed by atoms with Crippen LogP contribution in [0, 0.1) is 0 Å². The molecule has 0 radical (unpaired) electrons. The van der Waals surface area contributed by atoms with Crippen molar-refractivity contribution in [3.05, 3.63) is 29.8 Å². The molecule has 0 aliphatic carbocycles. The van der Waals surface area contributed by atoms with Crippen LogP contribution in [0.4, 0.5) is 0 Å². The fourth-order valence-corrected chi connectivity index (χ4v) is 1.03. The molecule has 0 atom stereocenters. The first kappa shape index (κ1) is 11.1. The van der Waals surface area contributed by atoms with Crippen molar-refractivity contribution < 1.29 is 24.8 Å². The van der Waals surface area contributed by atoms with E-state index in [-0.39, 0.29) is 5.75 Å². The van der Waals surface area contributed by atoms with Crippen molar-refractivity contribution in [2.75, 3.05) is 7.11 Å². The third-order valence-corrected chi connectivity index (χ3v) is 1.70. The molecule has 15 heavy (non-hydrogen) atoms. The smallest absolute Gasteiger partial charge is 0.328 e. The molecular weight excluding hydrogens is 200 g/mol. The number of hydrogen-bond donors (Lipinski definition) is 2. The number of hydrogen-bond acceptors (Lipinski definition) is 4. The van der Waals surface area contributed by atoms with Crippen LogP contribution in [0.15, 0.2) is 24.3 Å². The molecule has 1 rings (SSSR count). The summed E-state index contributed by atoms with van der Waals surface area (Å²) in [5, 5.41) is 16.9. The summed E-state index contributed by atoms with van der Waals surface area (Å²) in [6, 6.07) is 4.61. The van der Waals surface area contributed by atoms with Crippen molar-refractivity contribution >= 4 is 12.0 Å². The highest BCUT2D eigenvalue weighted by Crippen LogP contribution is 2.27. The van der Waals surface area contributed by atoms with Crippen molar-refractivity contribution in [3.63, 3.8) is 0 Å². The van der Waals surface area contributed by atoms with Crippen LogP contribution >= 0.6 is 0 Å². The zero-order chi connectivity index (χ0) is 11.3. The number of carboxylic acid groups (broad SMARTS) is 1.